The smallest absolute Gasteiger partial charge is 0.344 e. The number of esters is 2. The zero-order chi connectivity index (χ0) is 18.2. The van der Waals surface area contributed by atoms with Crippen LogP contribution in [-0.2, 0) is 4.74 Å². The van der Waals surface area contributed by atoms with Gasteiger partial charge in [-0.05, 0) is 55.7 Å². The Labute approximate surface area is 148 Å². The van der Waals surface area contributed by atoms with Gasteiger partial charge >= 0.3 is 11.9 Å². The molecule has 0 aliphatic heterocycles. The zero-order valence-corrected chi connectivity index (χ0v) is 15.0. The van der Waals surface area contributed by atoms with E-state index in [-0.39, 0.29) is 11.1 Å². The Kier molecular flexibility index (Phi) is 6.75. The lowest BCUT2D eigenvalue weighted by Crippen LogP contribution is -2.16. The van der Waals surface area contributed by atoms with Gasteiger partial charge in [-0.1, -0.05) is 38.0 Å². The quantitative estimate of drug-likeness (QED) is 0.410. The number of hydrogen-bond acceptors (Lipinski definition) is 4. The van der Waals surface area contributed by atoms with Crippen LogP contribution in [0.5, 0.6) is 5.75 Å². The van der Waals surface area contributed by atoms with Crippen molar-refractivity contribution in [2.75, 3.05) is 6.61 Å². The fraction of sp³-hybridized carbons (Fsp3) is 0.333. The monoisotopic (exact) mass is 340 g/mol. The minimum atomic E-state index is -0.564. The van der Waals surface area contributed by atoms with E-state index in [4.69, 9.17) is 9.47 Å². The maximum Gasteiger partial charge on any atom is 0.344 e. The summed E-state index contributed by atoms with van der Waals surface area (Å²) in [6.07, 6.45) is 2.87. The van der Waals surface area contributed by atoms with Crippen LogP contribution in [-0.4, -0.2) is 18.5 Å². The van der Waals surface area contributed by atoms with E-state index in [0.29, 0.717) is 12.4 Å². The summed E-state index contributed by atoms with van der Waals surface area (Å²) in [4.78, 5) is 24.8. The largest absolute Gasteiger partial charge is 0.462 e. The van der Waals surface area contributed by atoms with Crippen molar-refractivity contribution >= 4 is 11.9 Å². The summed E-state index contributed by atoms with van der Waals surface area (Å²) in [6, 6.07) is 12.1. The van der Waals surface area contributed by atoms with E-state index < -0.39 is 11.9 Å². The van der Waals surface area contributed by atoms with Crippen molar-refractivity contribution in [3.05, 3.63) is 64.7 Å². The number of aryl methyl sites for hydroxylation is 2. The number of ether oxygens (including phenoxy) is 2. The van der Waals surface area contributed by atoms with Crippen LogP contribution in [0.2, 0.25) is 0 Å². The number of benzene rings is 2. The van der Waals surface area contributed by atoms with E-state index in [1.807, 2.05) is 19.9 Å². The van der Waals surface area contributed by atoms with E-state index in [1.165, 1.54) is 0 Å². The van der Waals surface area contributed by atoms with Gasteiger partial charge in [0, 0.05) is 0 Å². The van der Waals surface area contributed by atoms with Crippen molar-refractivity contribution in [3.63, 3.8) is 0 Å². The van der Waals surface area contributed by atoms with E-state index in [0.717, 1.165) is 30.4 Å². The lowest BCUT2D eigenvalue weighted by atomic mass is 10.1. The Bertz CT molecular complexity index is 729. The highest BCUT2D eigenvalue weighted by Gasteiger charge is 2.19. The van der Waals surface area contributed by atoms with Crippen LogP contribution in [0.15, 0.2) is 42.5 Å². The first kappa shape index (κ1) is 18.7. The van der Waals surface area contributed by atoms with Gasteiger partial charge in [0.1, 0.15) is 5.75 Å². The van der Waals surface area contributed by atoms with Crippen molar-refractivity contribution in [3.8, 4) is 5.75 Å². The highest BCUT2D eigenvalue weighted by Crippen LogP contribution is 2.19. The normalized spacial score (nSPS) is 10.4. The van der Waals surface area contributed by atoms with E-state index in [2.05, 4.69) is 6.92 Å². The second-order valence-corrected chi connectivity index (χ2v) is 6.10. The van der Waals surface area contributed by atoms with Gasteiger partial charge in [0.05, 0.1) is 17.7 Å². The minimum Gasteiger partial charge on any atom is -0.462 e. The lowest BCUT2D eigenvalue weighted by molar-refractivity contribution is 0.0490. The lowest BCUT2D eigenvalue weighted by Gasteiger charge is -2.10. The van der Waals surface area contributed by atoms with Gasteiger partial charge in [0.25, 0.3) is 0 Å². The Hall–Kier alpha value is -2.62. The van der Waals surface area contributed by atoms with Gasteiger partial charge in [0.2, 0.25) is 0 Å². The summed E-state index contributed by atoms with van der Waals surface area (Å²) in [5, 5.41) is 0. The van der Waals surface area contributed by atoms with Crippen molar-refractivity contribution in [2.45, 2.75) is 40.0 Å². The van der Waals surface area contributed by atoms with Gasteiger partial charge in [-0.25, -0.2) is 9.59 Å². The standard InChI is InChI=1S/C21H24O4/c1-4-5-8-11-24-20(22)18-9-6-7-10-19(18)21(23)25-17-13-15(2)12-16(3)14-17/h6-7,9-10,12-14H,4-5,8,11H2,1-3H3. The van der Waals surface area contributed by atoms with E-state index in [9.17, 15) is 9.59 Å². The molecule has 0 unspecified atom stereocenters. The van der Waals surface area contributed by atoms with Gasteiger partial charge in [0.15, 0.2) is 0 Å². The molecule has 0 fully saturated rings. The Morgan fingerprint density at radius 2 is 1.48 bits per heavy atom. The molecule has 132 valence electrons. The Morgan fingerprint density at radius 1 is 0.880 bits per heavy atom. The van der Waals surface area contributed by atoms with Crippen molar-refractivity contribution in [1.82, 2.24) is 0 Å². The molecule has 0 saturated heterocycles. The average Bonchev–Trinajstić information content (AvgIpc) is 2.57. The third-order valence-corrected chi connectivity index (χ3v) is 3.75. The summed E-state index contributed by atoms with van der Waals surface area (Å²) in [7, 11) is 0. The molecule has 2 rings (SSSR count). The molecule has 4 heteroatoms. The Morgan fingerprint density at radius 3 is 2.08 bits per heavy atom. The number of hydrogen-bond donors (Lipinski definition) is 0. The molecule has 0 heterocycles. The zero-order valence-electron chi connectivity index (χ0n) is 15.0. The van der Waals surface area contributed by atoms with Gasteiger partial charge < -0.3 is 9.47 Å². The topological polar surface area (TPSA) is 52.6 Å². The summed E-state index contributed by atoms with van der Waals surface area (Å²) < 4.78 is 10.7. The predicted octanol–water partition coefficient (Wildman–Crippen LogP) is 4.87. The van der Waals surface area contributed by atoms with Crippen LogP contribution < -0.4 is 4.74 Å². The van der Waals surface area contributed by atoms with Gasteiger partial charge in [-0.15, -0.1) is 0 Å². The van der Waals surface area contributed by atoms with Crippen molar-refractivity contribution in [2.24, 2.45) is 0 Å². The first-order valence-corrected chi connectivity index (χ1v) is 8.58. The third kappa shape index (κ3) is 5.45. The van der Waals surface area contributed by atoms with Crippen LogP contribution in [0.3, 0.4) is 0 Å². The number of unbranched alkanes of at least 4 members (excludes halogenated alkanes) is 2. The van der Waals surface area contributed by atoms with Gasteiger partial charge in [-0.2, -0.15) is 0 Å². The SMILES string of the molecule is CCCCCOC(=O)c1ccccc1C(=O)Oc1cc(C)cc(C)c1. The molecule has 0 aliphatic rings. The molecule has 0 amide bonds. The minimum absolute atomic E-state index is 0.210. The molecular formula is C21H24O4. The Balaban J connectivity index is 2.13. The first-order valence-electron chi connectivity index (χ1n) is 8.58. The summed E-state index contributed by atoms with van der Waals surface area (Å²) in [6.45, 7) is 6.31. The molecule has 0 radical (unpaired) electrons. The molecule has 0 spiro atoms. The molecule has 0 atom stereocenters. The fourth-order valence-electron chi connectivity index (χ4n) is 2.59. The van der Waals surface area contributed by atoms with E-state index in [1.54, 1.807) is 36.4 Å². The molecule has 25 heavy (non-hydrogen) atoms. The van der Waals surface area contributed by atoms with Crippen LogP contribution in [0.4, 0.5) is 0 Å². The maximum absolute atomic E-state index is 12.5. The highest BCUT2D eigenvalue weighted by atomic mass is 16.5. The molecule has 0 bridgehead atoms. The molecule has 2 aromatic carbocycles. The van der Waals surface area contributed by atoms with Crippen molar-refractivity contribution < 1.29 is 19.1 Å². The molecule has 0 aromatic heterocycles. The van der Waals surface area contributed by atoms with Crippen LogP contribution in [0.25, 0.3) is 0 Å². The van der Waals surface area contributed by atoms with Crippen LogP contribution >= 0.6 is 0 Å². The van der Waals surface area contributed by atoms with Gasteiger partial charge in [-0.3, -0.25) is 0 Å². The number of carbonyl (C=O) groups is 2. The first-order chi connectivity index (χ1) is 12.0. The fourth-order valence-corrected chi connectivity index (χ4v) is 2.59. The molecule has 0 aliphatic carbocycles. The van der Waals surface area contributed by atoms with Crippen molar-refractivity contribution in [1.29, 1.82) is 0 Å². The van der Waals surface area contributed by atoms with E-state index >= 15 is 0 Å². The maximum atomic E-state index is 12.5. The summed E-state index contributed by atoms with van der Waals surface area (Å²) >= 11 is 0. The average molecular weight is 340 g/mol. The molecule has 2 aromatic rings. The summed E-state index contributed by atoms with van der Waals surface area (Å²) in [5.41, 5.74) is 2.45. The van der Waals surface area contributed by atoms with Crippen LogP contribution in [0, 0.1) is 13.8 Å². The summed E-state index contributed by atoms with van der Waals surface area (Å²) in [5.74, 6) is -0.594. The molecule has 0 N–H and O–H groups in total. The highest BCUT2D eigenvalue weighted by molar-refractivity contribution is 6.03. The second kappa shape index (κ2) is 9.02. The van der Waals surface area contributed by atoms with Crippen LogP contribution in [0.1, 0.15) is 58.0 Å². The third-order valence-electron chi connectivity index (χ3n) is 3.75. The predicted molar refractivity (Wildman–Crippen MR) is 97.1 cm³/mol. The molecule has 0 saturated carbocycles. The molecule has 4 nitrogen and oxygen atoms in total. The second-order valence-electron chi connectivity index (χ2n) is 6.10. The number of rotatable bonds is 7. The molecular weight excluding hydrogens is 316 g/mol. The number of carbonyl (C=O) groups excluding carboxylic acids is 2.